The highest BCUT2D eigenvalue weighted by Gasteiger charge is 2.37. The van der Waals surface area contributed by atoms with Crippen molar-refractivity contribution in [3.63, 3.8) is 0 Å². The molecule has 1 aromatic heterocycles. The highest BCUT2D eigenvalue weighted by molar-refractivity contribution is 5.92. The Morgan fingerprint density at radius 3 is 2.55 bits per heavy atom. The number of alkyl halides is 3. The van der Waals surface area contributed by atoms with E-state index in [-0.39, 0.29) is 35.7 Å². The zero-order chi connectivity index (χ0) is 31.3. The summed E-state index contributed by atoms with van der Waals surface area (Å²) in [5.74, 6) is -3.82. The summed E-state index contributed by atoms with van der Waals surface area (Å²) in [6.07, 6.45) is -3.83. The molecule has 4 aromatic rings. The molecule has 0 spiro atoms. The Morgan fingerprint density at radius 1 is 1.11 bits per heavy atom. The fourth-order valence-corrected chi connectivity index (χ4v) is 5.74. The van der Waals surface area contributed by atoms with E-state index in [0.29, 0.717) is 48.2 Å². The van der Waals surface area contributed by atoms with Crippen LogP contribution in [0.25, 0.3) is 11.0 Å². The molecule has 0 amide bonds. The molecule has 7 nitrogen and oxygen atoms in total. The van der Waals surface area contributed by atoms with Crippen molar-refractivity contribution < 1.29 is 45.7 Å². The number of nitrogens with zero attached hydrogens (tertiary/aromatic N) is 3. The number of carboxylic acids is 1. The molecule has 3 heterocycles. The van der Waals surface area contributed by atoms with E-state index in [1.807, 2.05) is 11.8 Å². The Morgan fingerprint density at radius 2 is 1.89 bits per heavy atom. The molecular weight excluding hydrogens is 592 g/mol. The van der Waals surface area contributed by atoms with Crippen LogP contribution in [0.3, 0.4) is 0 Å². The molecule has 3 aromatic carbocycles. The van der Waals surface area contributed by atoms with E-state index < -0.39 is 53.6 Å². The van der Waals surface area contributed by atoms with E-state index >= 15 is 0 Å². The van der Waals surface area contributed by atoms with Crippen molar-refractivity contribution in [2.24, 2.45) is 0 Å². The molecule has 0 saturated carbocycles. The van der Waals surface area contributed by atoms with Crippen molar-refractivity contribution in [3.05, 3.63) is 93.6 Å². The number of fused-ring (bicyclic) bond motifs is 2. The maximum Gasteiger partial charge on any atom is 0.419 e. The molecule has 0 unspecified atom stereocenters. The van der Waals surface area contributed by atoms with Gasteiger partial charge in [-0.3, -0.25) is 4.90 Å². The van der Waals surface area contributed by atoms with E-state index in [1.165, 1.54) is 12.1 Å². The van der Waals surface area contributed by atoms with Crippen LogP contribution in [0.2, 0.25) is 0 Å². The minimum Gasteiger partial charge on any atom is -0.488 e. The number of benzene rings is 3. The van der Waals surface area contributed by atoms with Crippen LogP contribution in [0.5, 0.6) is 5.75 Å². The van der Waals surface area contributed by atoms with E-state index in [9.17, 15) is 36.2 Å². The third kappa shape index (κ3) is 5.73. The molecule has 44 heavy (non-hydrogen) atoms. The van der Waals surface area contributed by atoms with Crippen molar-refractivity contribution in [2.75, 3.05) is 13.2 Å². The lowest BCUT2D eigenvalue weighted by molar-refractivity contribution is -0.139. The summed E-state index contributed by atoms with van der Waals surface area (Å²) in [5.41, 5.74) is 0.0828. The summed E-state index contributed by atoms with van der Waals surface area (Å²) in [7, 11) is 0. The predicted molar refractivity (Wildman–Crippen MR) is 146 cm³/mol. The van der Waals surface area contributed by atoms with E-state index in [2.05, 4.69) is 4.98 Å². The van der Waals surface area contributed by atoms with Gasteiger partial charge in [-0.25, -0.2) is 22.9 Å². The first-order valence-electron chi connectivity index (χ1n) is 14.0. The van der Waals surface area contributed by atoms with Gasteiger partial charge in [0.15, 0.2) is 5.82 Å². The van der Waals surface area contributed by atoms with Gasteiger partial charge in [-0.2, -0.15) is 13.2 Å². The summed E-state index contributed by atoms with van der Waals surface area (Å²) in [6.45, 7) is 2.77. The fraction of sp³-hybridized carbons (Fsp3) is 0.355. The number of aromatic nitrogens is 2. The number of rotatable bonds is 8. The lowest BCUT2D eigenvalue weighted by Crippen LogP contribution is -2.36. The zero-order valence-corrected chi connectivity index (χ0v) is 23.4. The number of carboxylic acid groups (broad SMARTS) is 1. The molecule has 2 aliphatic heterocycles. The van der Waals surface area contributed by atoms with Crippen LogP contribution in [0.1, 0.15) is 57.8 Å². The second-order valence-corrected chi connectivity index (χ2v) is 11.0. The number of carbonyl (C=O) groups is 1. The smallest absolute Gasteiger partial charge is 0.419 e. The monoisotopic (exact) mass is 619 g/mol. The maximum atomic E-state index is 15.0. The summed E-state index contributed by atoms with van der Waals surface area (Å²) < 4.78 is 97.3. The molecule has 1 N–H and O–H groups in total. The van der Waals surface area contributed by atoms with Crippen molar-refractivity contribution in [1.29, 1.82) is 0 Å². The average molecular weight is 620 g/mol. The van der Waals surface area contributed by atoms with Crippen LogP contribution < -0.4 is 4.74 Å². The topological polar surface area (TPSA) is 76.8 Å². The van der Waals surface area contributed by atoms with Crippen molar-refractivity contribution in [2.45, 2.75) is 57.8 Å². The first-order chi connectivity index (χ1) is 20.9. The largest absolute Gasteiger partial charge is 0.488 e. The van der Waals surface area contributed by atoms with Gasteiger partial charge in [0.25, 0.3) is 0 Å². The minimum absolute atomic E-state index is 0.0212. The molecular formula is C31H27F6N3O4. The third-order valence-electron chi connectivity index (χ3n) is 8.27. The van der Waals surface area contributed by atoms with Crippen LogP contribution in [-0.4, -0.2) is 44.8 Å². The second kappa shape index (κ2) is 11.4. The SMILES string of the molecule is C[C@H]1c2cc(OCc3ccc(F)cc3F)c(C(F)(F)F)cc2CCN1Cc1nc2c(F)cc(C(=O)O)cc2n1C[C@@H]1CCO1. The highest BCUT2D eigenvalue weighted by Crippen LogP contribution is 2.42. The van der Waals surface area contributed by atoms with Crippen molar-refractivity contribution in [3.8, 4) is 5.75 Å². The third-order valence-corrected chi connectivity index (χ3v) is 8.27. The normalized spacial score (nSPS) is 18.7. The Labute approximate surface area is 247 Å². The van der Waals surface area contributed by atoms with Crippen LogP contribution >= 0.6 is 0 Å². The molecule has 0 radical (unpaired) electrons. The highest BCUT2D eigenvalue weighted by atomic mass is 19.4. The quantitative estimate of drug-likeness (QED) is 0.223. The molecule has 6 rings (SSSR count). The Balaban J connectivity index is 1.32. The van der Waals surface area contributed by atoms with Crippen molar-refractivity contribution in [1.82, 2.24) is 14.5 Å². The number of ether oxygens (including phenoxy) is 2. The van der Waals surface area contributed by atoms with E-state index in [4.69, 9.17) is 9.47 Å². The first-order valence-corrected chi connectivity index (χ1v) is 14.0. The van der Waals surface area contributed by atoms with Gasteiger partial charge >= 0.3 is 12.1 Å². The van der Waals surface area contributed by atoms with E-state index in [0.717, 1.165) is 30.7 Å². The number of imidazole rings is 1. The lowest BCUT2D eigenvalue weighted by Gasteiger charge is -2.36. The molecule has 1 saturated heterocycles. The predicted octanol–water partition coefficient (Wildman–Crippen LogP) is 6.66. The molecule has 2 atom stereocenters. The molecule has 1 fully saturated rings. The zero-order valence-electron chi connectivity index (χ0n) is 23.4. The van der Waals surface area contributed by atoms with Crippen LogP contribution in [-0.2, 0) is 37.0 Å². The van der Waals surface area contributed by atoms with Gasteiger partial charge in [0, 0.05) is 30.8 Å². The molecule has 13 heteroatoms. The first kappa shape index (κ1) is 29.9. The molecule has 0 aliphatic carbocycles. The maximum absolute atomic E-state index is 15.0. The Kier molecular flexibility index (Phi) is 7.78. The molecule has 2 aliphatic rings. The fourth-order valence-electron chi connectivity index (χ4n) is 5.74. The van der Waals surface area contributed by atoms with Gasteiger partial charge in [0.05, 0.1) is 35.8 Å². The standard InChI is InChI=1S/C31H27F6N3O4/c1-16-22-12-27(44-15-18-2-3-20(32)11-24(18)33)23(31(35,36)37)8-17(22)4-6-39(16)14-28-38-29-25(34)9-19(30(41)42)10-26(29)40(28)13-21-5-7-43-21/h2-3,8-12,16,21H,4-7,13-15H2,1H3,(H,41,42)/t16-,21-/m0/s1. The van der Waals surface area contributed by atoms with Gasteiger partial charge in [-0.05, 0) is 67.3 Å². The van der Waals surface area contributed by atoms with Crippen molar-refractivity contribution >= 4 is 17.0 Å². The summed E-state index contributed by atoms with van der Waals surface area (Å²) in [4.78, 5) is 18.1. The van der Waals surface area contributed by atoms with Gasteiger partial charge in [0.1, 0.15) is 35.3 Å². The van der Waals surface area contributed by atoms with Crippen LogP contribution in [0.4, 0.5) is 26.3 Å². The summed E-state index contributed by atoms with van der Waals surface area (Å²) in [5, 5.41) is 9.47. The van der Waals surface area contributed by atoms with Gasteiger partial charge < -0.3 is 19.1 Å². The van der Waals surface area contributed by atoms with Crippen LogP contribution in [0, 0.1) is 17.5 Å². The lowest BCUT2D eigenvalue weighted by atomic mass is 9.91. The number of halogens is 6. The summed E-state index contributed by atoms with van der Waals surface area (Å²) in [6, 6.07) is 6.97. The second-order valence-electron chi connectivity index (χ2n) is 11.0. The number of aromatic carboxylic acids is 1. The van der Waals surface area contributed by atoms with Gasteiger partial charge in [0.2, 0.25) is 0 Å². The number of hydrogen-bond acceptors (Lipinski definition) is 5. The Bertz CT molecular complexity index is 1750. The van der Waals surface area contributed by atoms with Gasteiger partial charge in [-0.15, -0.1) is 0 Å². The average Bonchev–Trinajstić information content (AvgIpc) is 3.28. The van der Waals surface area contributed by atoms with Gasteiger partial charge in [-0.1, -0.05) is 0 Å². The number of hydrogen-bond donors (Lipinski definition) is 1. The summed E-state index contributed by atoms with van der Waals surface area (Å²) >= 11 is 0. The molecule has 232 valence electrons. The Hall–Kier alpha value is -4.10. The van der Waals surface area contributed by atoms with Crippen LogP contribution in [0.15, 0.2) is 42.5 Å². The van der Waals surface area contributed by atoms with E-state index in [1.54, 1.807) is 4.57 Å². The molecule has 0 bridgehead atoms. The minimum atomic E-state index is -4.74.